The molecule has 0 atom stereocenters. The van der Waals surface area contributed by atoms with Crippen molar-refractivity contribution in [3.8, 4) is 5.69 Å². The third-order valence-electron chi connectivity index (χ3n) is 6.17. The number of anilines is 2. The Kier molecular flexibility index (Phi) is 6.32. The molecule has 1 aromatic carbocycles. The molecule has 1 saturated carbocycles. The number of pyridine rings is 1. The van der Waals surface area contributed by atoms with E-state index < -0.39 is 5.60 Å². The Labute approximate surface area is 192 Å². The van der Waals surface area contributed by atoms with Crippen LogP contribution in [0.3, 0.4) is 0 Å². The minimum Gasteiger partial charge on any atom is -0.441 e. The van der Waals surface area contributed by atoms with Gasteiger partial charge in [0.25, 0.3) is 0 Å². The number of benzene rings is 1. The molecule has 9 heteroatoms. The summed E-state index contributed by atoms with van der Waals surface area (Å²) in [6, 6.07) is 14.0. The quantitative estimate of drug-likeness (QED) is 0.594. The van der Waals surface area contributed by atoms with Gasteiger partial charge in [-0.2, -0.15) is 5.10 Å². The first kappa shape index (κ1) is 22.1. The van der Waals surface area contributed by atoms with Crippen LogP contribution < -0.4 is 10.2 Å². The number of nitrogens with one attached hydrogen (secondary N) is 1. The van der Waals surface area contributed by atoms with Gasteiger partial charge in [0.2, 0.25) is 0 Å². The number of hydrogen-bond acceptors (Lipinski definition) is 5. The van der Waals surface area contributed by atoms with Crippen LogP contribution in [0.1, 0.15) is 25.7 Å². The number of rotatable bonds is 5. The number of carbonyl (C=O) groups excluding carboxylic acids is 1. The van der Waals surface area contributed by atoms with Crippen LogP contribution in [0.2, 0.25) is 0 Å². The van der Waals surface area contributed by atoms with Gasteiger partial charge in [-0.05, 0) is 55.9 Å². The van der Waals surface area contributed by atoms with E-state index in [9.17, 15) is 9.18 Å². The van der Waals surface area contributed by atoms with Crippen molar-refractivity contribution < 1.29 is 13.9 Å². The molecule has 0 radical (unpaired) electrons. The maximum atomic E-state index is 13.9. The maximum Gasteiger partial charge on any atom is 0.416 e. The van der Waals surface area contributed by atoms with E-state index in [1.807, 2.05) is 24.3 Å². The summed E-state index contributed by atoms with van der Waals surface area (Å²) < 4.78 is 21.3. The van der Waals surface area contributed by atoms with Crippen LogP contribution in [0.25, 0.3) is 5.69 Å². The molecule has 2 fully saturated rings. The second kappa shape index (κ2) is 9.16. The van der Waals surface area contributed by atoms with Gasteiger partial charge in [-0.25, -0.2) is 18.9 Å². The molecule has 1 saturated heterocycles. The Morgan fingerprint density at radius 1 is 1.12 bits per heavy atom. The molecular weight excluding hydrogens is 433 g/mol. The Balaban J connectivity index is 0.00000245. The first-order valence-corrected chi connectivity index (χ1v) is 10.6. The Morgan fingerprint density at radius 3 is 2.66 bits per heavy atom. The van der Waals surface area contributed by atoms with E-state index in [1.165, 1.54) is 10.7 Å². The van der Waals surface area contributed by atoms with Gasteiger partial charge < -0.3 is 10.1 Å². The molecule has 1 aliphatic heterocycles. The zero-order valence-electron chi connectivity index (χ0n) is 17.5. The maximum absolute atomic E-state index is 13.9. The van der Waals surface area contributed by atoms with Crippen molar-refractivity contribution in [1.29, 1.82) is 0 Å². The monoisotopic (exact) mass is 457 g/mol. The largest absolute Gasteiger partial charge is 0.441 e. The predicted octanol–water partition coefficient (Wildman–Crippen LogP) is 4.83. The zero-order valence-corrected chi connectivity index (χ0v) is 18.3. The van der Waals surface area contributed by atoms with Crippen LogP contribution in [0.15, 0.2) is 60.9 Å². The molecule has 1 amide bonds. The van der Waals surface area contributed by atoms with Gasteiger partial charge in [0.15, 0.2) is 0 Å². The smallest absolute Gasteiger partial charge is 0.416 e. The van der Waals surface area contributed by atoms with Crippen LogP contribution in [0.4, 0.5) is 20.8 Å². The van der Waals surface area contributed by atoms with Gasteiger partial charge in [-0.3, -0.25) is 4.90 Å². The summed E-state index contributed by atoms with van der Waals surface area (Å²) >= 11 is 0. The average molecular weight is 458 g/mol. The summed E-state index contributed by atoms with van der Waals surface area (Å²) in [4.78, 5) is 18.3. The number of ether oxygens (including phenoxy) is 1. The van der Waals surface area contributed by atoms with Crippen molar-refractivity contribution in [3.05, 3.63) is 66.7 Å². The molecule has 2 aromatic heterocycles. The van der Waals surface area contributed by atoms with Gasteiger partial charge in [0.1, 0.15) is 28.7 Å². The van der Waals surface area contributed by atoms with Crippen molar-refractivity contribution in [2.75, 3.05) is 23.3 Å². The fourth-order valence-electron chi connectivity index (χ4n) is 4.42. The first-order valence-electron chi connectivity index (χ1n) is 10.6. The van der Waals surface area contributed by atoms with E-state index in [2.05, 4.69) is 15.4 Å². The Hall–Kier alpha value is -3.13. The predicted molar refractivity (Wildman–Crippen MR) is 122 cm³/mol. The Morgan fingerprint density at radius 2 is 1.91 bits per heavy atom. The molecule has 168 valence electrons. The van der Waals surface area contributed by atoms with Crippen LogP contribution >= 0.6 is 12.4 Å². The van der Waals surface area contributed by atoms with Crippen LogP contribution in [0.5, 0.6) is 0 Å². The molecule has 32 heavy (non-hydrogen) atoms. The van der Waals surface area contributed by atoms with Crippen LogP contribution in [0, 0.1) is 11.7 Å². The molecule has 1 spiro atoms. The first-order chi connectivity index (χ1) is 15.1. The van der Waals surface area contributed by atoms with Crippen molar-refractivity contribution in [2.45, 2.75) is 31.3 Å². The van der Waals surface area contributed by atoms with E-state index in [0.717, 1.165) is 38.0 Å². The lowest BCUT2D eigenvalue weighted by atomic mass is 9.78. The number of nitrogens with zero attached hydrogens (tertiary/aromatic N) is 4. The molecule has 2 aliphatic rings. The minimum absolute atomic E-state index is 0. The molecular formula is C23H25ClFN5O2. The molecule has 1 N–H and O–H groups in total. The third-order valence-corrected chi connectivity index (χ3v) is 6.17. The Bertz CT molecular complexity index is 1070. The lowest BCUT2D eigenvalue weighted by Gasteiger charge is -2.35. The van der Waals surface area contributed by atoms with Crippen molar-refractivity contribution >= 4 is 30.1 Å². The number of aromatic nitrogens is 3. The van der Waals surface area contributed by atoms with Crippen molar-refractivity contribution in [3.63, 3.8) is 0 Å². The SMILES string of the molecule is Cl.O=C1O[C@]2(CC[C@H](CNc3ccn(-c4ccccc4F)n3)CC2)CN1c1ccccn1. The topological polar surface area (TPSA) is 72.3 Å². The van der Waals surface area contributed by atoms with E-state index in [-0.39, 0.29) is 24.3 Å². The highest BCUT2D eigenvalue weighted by Crippen LogP contribution is 2.40. The van der Waals surface area contributed by atoms with Gasteiger partial charge >= 0.3 is 6.09 Å². The molecule has 7 nitrogen and oxygen atoms in total. The van der Waals surface area contributed by atoms with Gasteiger partial charge in [-0.1, -0.05) is 18.2 Å². The summed E-state index contributed by atoms with van der Waals surface area (Å²) in [5.41, 5.74) is 0.00742. The molecule has 3 aromatic rings. The van der Waals surface area contributed by atoms with E-state index >= 15 is 0 Å². The summed E-state index contributed by atoms with van der Waals surface area (Å²) in [5, 5.41) is 7.80. The number of para-hydroxylation sites is 1. The minimum atomic E-state index is -0.419. The fourth-order valence-corrected chi connectivity index (χ4v) is 4.42. The molecule has 0 unspecified atom stereocenters. The second-order valence-corrected chi connectivity index (χ2v) is 8.25. The average Bonchev–Trinajstić information content (AvgIpc) is 3.39. The number of hydrogen-bond donors (Lipinski definition) is 1. The second-order valence-electron chi connectivity index (χ2n) is 8.25. The summed E-state index contributed by atoms with van der Waals surface area (Å²) in [6.07, 6.45) is 6.71. The number of amides is 1. The molecule has 0 bridgehead atoms. The molecule has 1 aliphatic carbocycles. The fraction of sp³-hybridized carbons (Fsp3) is 0.348. The van der Waals surface area contributed by atoms with Crippen molar-refractivity contribution in [1.82, 2.24) is 14.8 Å². The van der Waals surface area contributed by atoms with Gasteiger partial charge in [0, 0.05) is 25.0 Å². The highest BCUT2D eigenvalue weighted by molar-refractivity contribution is 5.89. The van der Waals surface area contributed by atoms with E-state index in [4.69, 9.17) is 4.74 Å². The van der Waals surface area contributed by atoms with Gasteiger partial charge in [0.05, 0.1) is 6.54 Å². The highest BCUT2D eigenvalue weighted by Gasteiger charge is 2.47. The lowest BCUT2D eigenvalue weighted by Crippen LogP contribution is -2.39. The van der Waals surface area contributed by atoms with E-state index in [1.54, 1.807) is 35.5 Å². The molecule has 5 rings (SSSR count). The third kappa shape index (κ3) is 4.41. The van der Waals surface area contributed by atoms with Crippen molar-refractivity contribution in [2.24, 2.45) is 5.92 Å². The highest BCUT2D eigenvalue weighted by atomic mass is 35.5. The van der Waals surface area contributed by atoms with Crippen LogP contribution in [-0.2, 0) is 4.74 Å². The molecule has 3 heterocycles. The normalized spacial score (nSPS) is 22.5. The summed E-state index contributed by atoms with van der Waals surface area (Å²) in [7, 11) is 0. The number of carbonyl (C=O) groups is 1. The number of halogens is 2. The summed E-state index contributed by atoms with van der Waals surface area (Å²) in [5.74, 6) is 1.52. The van der Waals surface area contributed by atoms with E-state index in [0.29, 0.717) is 24.0 Å². The van der Waals surface area contributed by atoms with Gasteiger partial charge in [-0.15, -0.1) is 12.4 Å². The zero-order chi connectivity index (χ0) is 21.3. The summed E-state index contributed by atoms with van der Waals surface area (Å²) in [6.45, 7) is 1.33. The lowest BCUT2D eigenvalue weighted by molar-refractivity contribution is 0.0148. The van der Waals surface area contributed by atoms with Crippen LogP contribution in [-0.4, -0.2) is 39.5 Å². The standard InChI is InChI=1S/C23H24FN5O2.ClH/c24-18-5-1-2-6-19(18)29-14-10-20(27-29)26-15-17-8-11-23(12-9-17)16-28(22(30)31-23)21-7-3-4-13-25-21;/h1-7,10,13-14,17H,8-9,11-12,15-16H2,(H,26,27);1H/t17-,23-;.